The van der Waals surface area contributed by atoms with E-state index >= 15 is 0 Å². The number of amides is 2. The highest BCUT2D eigenvalue weighted by Crippen LogP contribution is 2.34. The van der Waals surface area contributed by atoms with E-state index < -0.39 is 0 Å². The van der Waals surface area contributed by atoms with Gasteiger partial charge in [-0.3, -0.25) is 14.6 Å². The lowest BCUT2D eigenvalue weighted by Crippen LogP contribution is -2.47. The summed E-state index contributed by atoms with van der Waals surface area (Å²) in [6.45, 7) is 1.68. The van der Waals surface area contributed by atoms with Crippen molar-refractivity contribution in [1.29, 1.82) is 0 Å². The molecule has 1 saturated heterocycles. The van der Waals surface area contributed by atoms with Crippen LogP contribution in [0.3, 0.4) is 0 Å². The van der Waals surface area contributed by atoms with Gasteiger partial charge in [0, 0.05) is 47.2 Å². The molecule has 2 heterocycles. The summed E-state index contributed by atoms with van der Waals surface area (Å²) in [5.74, 6) is -0.223. The minimum absolute atomic E-state index is 0.00213. The summed E-state index contributed by atoms with van der Waals surface area (Å²) < 4.78 is 0. The average molecular weight is 457 g/mol. The third kappa shape index (κ3) is 4.38. The van der Waals surface area contributed by atoms with Crippen LogP contribution in [0.15, 0.2) is 79.0 Å². The first-order chi connectivity index (χ1) is 16.1. The highest BCUT2D eigenvalue weighted by atomic mass is 35.5. The van der Waals surface area contributed by atoms with Crippen molar-refractivity contribution in [2.24, 2.45) is 0 Å². The van der Waals surface area contributed by atoms with E-state index in [0.29, 0.717) is 29.4 Å². The van der Waals surface area contributed by atoms with Gasteiger partial charge in [-0.25, -0.2) is 0 Å². The summed E-state index contributed by atoms with van der Waals surface area (Å²) in [7, 11) is 0. The first-order valence-electron chi connectivity index (χ1n) is 10.7. The van der Waals surface area contributed by atoms with E-state index in [1.54, 1.807) is 30.5 Å². The zero-order chi connectivity index (χ0) is 22.8. The SMILES string of the molecule is O=C1CN(c2ccc(C(=O)Nc3ccc(Cl)c(-c4nccc5ccccc45)c3)cc2)CCN1. The number of hydrogen-bond acceptors (Lipinski definition) is 4. The molecule has 2 amide bonds. The molecule has 1 aliphatic rings. The fourth-order valence-corrected chi connectivity index (χ4v) is 4.21. The Hall–Kier alpha value is -3.90. The van der Waals surface area contributed by atoms with Crippen molar-refractivity contribution >= 4 is 45.6 Å². The fraction of sp³-hybridized carbons (Fsp3) is 0.115. The Labute approximate surface area is 196 Å². The van der Waals surface area contributed by atoms with Gasteiger partial charge >= 0.3 is 0 Å². The Kier molecular flexibility index (Phi) is 5.67. The van der Waals surface area contributed by atoms with Crippen LogP contribution >= 0.6 is 11.6 Å². The molecule has 1 fully saturated rings. The lowest BCUT2D eigenvalue weighted by atomic mass is 10.0. The molecule has 2 N–H and O–H groups in total. The molecule has 0 unspecified atom stereocenters. The van der Waals surface area contributed by atoms with Crippen LogP contribution in [0.2, 0.25) is 5.02 Å². The maximum atomic E-state index is 12.9. The fourth-order valence-electron chi connectivity index (χ4n) is 4.00. The van der Waals surface area contributed by atoms with Gasteiger partial charge in [0.15, 0.2) is 0 Å². The summed E-state index contributed by atoms with van der Waals surface area (Å²) in [4.78, 5) is 31.0. The number of hydrogen-bond donors (Lipinski definition) is 2. The second kappa shape index (κ2) is 8.92. The Morgan fingerprint density at radius 3 is 2.67 bits per heavy atom. The zero-order valence-electron chi connectivity index (χ0n) is 17.7. The van der Waals surface area contributed by atoms with Crippen LogP contribution in [0.4, 0.5) is 11.4 Å². The van der Waals surface area contributed by atoms with E-state index in [2.05, 4.69) is 15.6 Å². The predicted octanol–water partition coefficient (Wildman–Crippen LogP) is 4.74. The Balaban J connectivity index is 1.37. The molecular weight excluding hydrogens is 436 g/mol. The van der Waals surface area contributed by atoms with Crippen molar-refractivity contribution in [3.05, 3.63) is 89.6 Å². The molecule has 5 rings (SSSR count). The predicted molar refractivity (Wildman–Crippen MR) is 132 cm³/mol. The van der Waals surface area contributed by atoms with Crippen LogP contribution in [0, 0.1) is 0 Å². The molecule has 164 valence electrons. The molecule has 6 nitrogen and oxygen atoms in total. The summed E-state index contributed by atoms with van der Waals surface area (Å²) in [5, 5.41) is 8.38. The van der Waals surface area contributed by atoms with Gasteiger partial charge < -0.3 is 15.5 Å². The Morgan fingerprint density at radius 1 is 1.03 bits per heavy atom. The first-order valence-corrected chi connectivity index (χ1v) is 11.0. The van der Waals surface area contributed by atoms with E-state index in [-0.39, 0.29) is 11.8 Å². The maximum absolute atomic E-state index is 12.9. The number of aromatic nitrogens is 1. The molecule has 33 heavy (non-hydrogen) atoms. The van der Waals surface area contributed by atoms with Gasteiger partial charge in [0.25, 0.3) is 5.91 Å². The van der Waals surface area contributed by atoms with Crippen LogP contribution in [-0.4, -0.2) is 36.4 Å². The zero-order valence-corrected chi connectivity index (χ0v) is 18.5. The second-order valence-corrected chi connectivity index (χ2v) is 8.26. The quantitative estimate of drug-likeness (QED) is 0.465. The van der Waals surface area contributed by atoms with Crippen LogP contribution in [0.25, 0.3) is 22.0 Å². The molecule has 0 atom stereocenters. The molecule has 4 aromatic rings. The molecule has 0 saturated carbocycles. The van der Waals surface area contributed by atoms with Crippen LogP contribution in [0.5, 0.6) is 0 Å². The lowest BCUT2D eigenvalue weighted by molar-refractivity contribution is -0.120. The maximum Gasteiger partial charge on any atom is 0.255 e. The smallest absolute Gasteiger partial charge is 0.255 e. The minimum Gasteiger partial charge on any atom is -0.360 e. The number of carbonyl (C=O) groups is 2. The third-order valence-electron chi connectivity index (χ3n) is 5.69. The van der Waals surface area contributed by atoms with Gasteiger partial charge in [0.1, 0.15) is 0 Å². The molecule has 7 heteroatoms. The number of benzene rings is 3. The van der Waals surface area contributed by atoms with Gasteiger partial charge in [-0.2, -0.15) is 0 Å². The highest BCUT2D eigenvalue weighted by molar-refractivity contribution is 6.33. The number of halogens is 1. The molecule has 0 bridgehead atoms. The summed E-state index contributed by atoms with van der Waals surface area (Å²) in [6.07, 6.45) is 1.76. The summed E-state index contributed by atoms with van der Waals surface area (Å²) in [5.41, 5.74) is 3.59. The van der Waals surface area contributed by atoms with E-state index in [0.717, 1.165) is 34.3 Å². The number of pyridine rings is 1. The molecule has 0 aliphatic carbocycles. The molecule has 1 aromatic heterocycles. The number of rotatable bonds is 4. The van der Waals surface area contributed by atoms with E-state index in [4.69, 9.17) is 11.6 Å². The monoisotopic (exact) mass is 456 g/mol. The van der Waals surface area contributed by atoms with Crippen molar-refractivity contribution < 1.29 is 9.59 Å². The van der Waals surface area contributed by atoms with Crippen molar-refractivity contribution in [3.8, 4) is 11.3 Å². The number of nitrogens with one attached hydrogen (secondary N) is 2. The molecule has 0 spiro atoms. The van der Waals surface area contributed by atoms with Gasteiger partial charge in [-0.05, 0) is 53.9 Å². The number of carbonyl (C=O) groups excluding carboxylic acids is 2. The van der Waals surface area contributed by atoms with E-state index in [9.17, 15) is 9.59 Å². The standard InChI is InChI=1S/C26H21ClN4O2/c27-23-10-7-19(15-22(23)25-21-4-2-1-3-17(21)11-12-29-25)30-26(33)18-5-8-20(9-6-18)31-14-13-28-24(32)16-31/h1-12,15H,13-14,16H2,(H,28,32)(H,30,33). The van der Waals surface area contributed by atoms with Gasteiger partial charge in [-0.15, -0.1) is 0 Å². The van der Waals surface area contributed by atoms with E-state index in [1.165, 1.54) is 0 Å². The summed E-state index contributed by atoms with van der Waals surface area (Å²) in [6, 6.07) is 22.6. The van der Waals surface area contributed by atoms with Gasteiger partial charge in [0.05, 0.1) is 17.3 Å². The summed E-state index contributed by atoms with van der Waals surface area (Å²) >= 11 is 6.50. The lowest BCUT2D eigenvalue weighted by Gasteiger charge is -2.28. The third-order valence-corrected chi connectivity index (χ3v) is 6.02. The Morgan fingerprint density at radius 2 is 1.85 bits per heavy atom. The first kappa shape index (κ1) is 21.0. The van der Waals surface area contributed by atoms with Crippen molar-refractivity contribution in [3.63, 3.8) is 0 Å². The number of anilines is 2. The molecular formula is C26H21ClN4O2. The molecule has 0 radical (unpaired) electrons. The van der Waals surface area contributed by atoms with E-state index in [1.807, 2.05) is 53.4 Å². The number of piperazine rings is 1. The average Bonchev–Trinajstić information content (AvgIpc) is 2.85. The number of nitrogens with zero attached hydrogens (tertiary/aromatic N) is 2. The molecule has 1 aliphatic heterocycles. The number of fused-ring (bicyclic) bond motifs is 1. The van der Waals surface area contributed by atoms with Crippen molar-refractivity contribution in [1.82, 2.24) is 10.3 Å². The van der Waals surface area contributed by atoms with Crippen molar-refractivity contribution in [2.45, 2.75) is 0 Å². The van der Waals surface area contributed by atoms with Gasteiger partial charge in [-0.1, -0.05) is 35.9 Å². The highest BCUT2D eigenvalue weighted by Gasteiger charge is 2.17. The van der Waals surface area contributed by atoms with Gasteiger partial charge in [0.2, 0.25) is 5.91 Å². The van der Waals surface area contributed by atoms with Crippen LogP contribution < -0.4 is 15.5 Å². The minimum atomic E-state index is -0.225. The largest absolute Gasteiger partial charge is 0.360 e. The van der Waals surface area contributed by atoms with Crippen molar-refractivity contribution in [2.75, 3.05) is 29.9 Å². The van der Waals surface area contributed by atoms with Crippen LogP contribution in [-0.2, 0) is 4.79 Å². The second-order valence-electron chi connectivity index (χ2n) is 7.85. The van der Waals surface area contributed by atoms with Crippen LogP contribution in [0.1, 0.15) is 10.4 Å². The normalized spacial score (nSPS) is 13.6. The molecule has 3 aromatic carbocycles. The Bertz CT molecular complexity index is 1350. The topological polar surface area (TPSA) is 74.3 Å².